The van der Waals surface area contributed by atoms with Crippen molar-refractivity contribution >= 4 is 22.4 Å². The summed E-state index contributed by atoms with van der Waals surface area (Å²) in [5.74, 6) is 0.670. The minimum absolute atomic E-state index is 0.0933. The molecule has 1 atom stereocenters. The van der Waals surface area contributed by atoms with Crippen LogP contribution in [0.25, 0.3) is 10.8 Å². The maximum Gasteiger partial charge on any atom is 0.256 e. The zero-order valence-electron chi connectivity index (χ0n) is 14.5. The molecule has 0 unspecified atom stereocenters. The Bertz CT molecular complexity index is 690. The molecule has 0 aromatic heterocycles. The fraction of sp³-hybridized carbons (Fsp3) is 0.421. The van der Waals surface area contributed by atoms with E-state index < -0.39 is 5.60 Å². The summed E-state index contributed by atoms with van der Waals surface area (Å²) in [6.45, 7) is 7.72. The van der Waals surface area contributed by atoms with Crippen LogP contribution >= 0.6 is 0 Å². The van der Waals surface area contributed by atoms with Crippen molar-refractivity contribution < 1.29 is 14.3 Å². The molecule has 0 aliphatic heterocycles. The fourth-order valence-electron chi connectivity index (χ4n) is 2.39. The number of hydrogen-bond acceptors (Lipinski definition) is 3. The van der Waals surface area contributed by atoms with E-state index in [1.807, 2.05) is 57.2 Å². The third-order valence-electron chi connectivity index (χ3n) is 4.10. The molecule has 4 nitrogen and oxygen atoms in total. The molecule has 0 aliphatic rings. The van der Waals surface area contributed by atoms with Gasteiger partial charge in [-0.25, -0.2) is 0 Å². The molecule has 0 bridgehead atoms. The second kappa shape index (κ2) is 7.01. The minimum atomic E-state index is -0.839. The zero-order chi connectivity index (χ0) is 17.0. The second-order valence-corrected chi connectivity index (χ2v) is 6.07. The van der Waals surface area contributed by atoms with Crippen LogP contribution in [0.4, 0.5) is 5.69 Å². The third kappa shape index (κ3) is 3.64. The van der Waals surface area contributed by atoms with Gasteiger partial charge in [0.05, 0.1) is 6.10 Å². The molecular formula is C19H25NO3. The van der Waals surface area contributed by atoms with Crippen LogP contribution in [0.5, 0.6) is 5.75 Å². The van der Waals surface area contributed by atoms with Gasteiger partial charge in [-0.2, -0.15) is 0 Å². The van der Waals surface area contributed by atoms with Crippen molar-refractivity contribution in [3.05, 3.63) is 36.4 Å². The number of hydrogen-bond donors (Lipinski definition) is 1. The lowest BCUT2D eigenvalue weighted by molar-refractivity contribution is -0.136. The quantitative estimate of drug-likeness (QED) is 0.860. The Morgan fingerprint density at radius 1 is 1.17 bits per heavy atom. The summed E-state index contributed by atoms with van der Waals surface area (Å²) in [5, 5.41) is 4.92. The molecule has 4 heteroatoms. The van der Waals surface area contributed by atoms with Crippen molar-refractivity contribution in [3.63, 3.8) is 0 Å². The highest BCUT2D eigenvalue weighted by Gasteiger charge is 2.31. The van der Waals surface area contributed by atoms with E-state index in [1.165, 1.54) is 0 Å². The number of carbonyl (C=O) groups excluding carboxylic acids is 1. The lowest BCUT2D eigenvalue weighted by Gasteiger charge is -2.25. The van der Waals surface area contributed by atoms with Gasteiger partial charge >= 0.3 is 0 Å². The highest BCUT2D eigenvalue weighted by molar-refractivity contribution is 6.06. The first-order valence-corrected chi connectivity index (χ1v) is 7.96. The Balaban J connectivity index is 2.41. The van der Waals surface area contributed by atoms with Crippen LogP contribution in [0.2, 0.25) is 0 Å². The van der Waals surface area contributed by atoms with Crippen LogP contribution in [0.1, 0.15) is 34.1 Å². The van der Waals surface area contributed by atoms with Crippen LogP contribution in [0, 0.1) is 0 Å². The standard InChI is InChI=1S/C19H25NO3/c1-6-19(4,22-5)18(21)20-16-11-12-17(23-13(2)3)15-10-8-7-9-14(15)16/h7-13H,6H2,1-5H3,(H,20,21)/t19-/m1/s1. The number of benzene rings is 2. The first kappa shape index (κ1) is 17.3. The molecule has 0 saturated heterocycles. The van der Waals surface area contributed by atoms with E-state index >= 15 is 0 Å². The second-order valence-electron chi connectivity index (χ2n) is 6.07. The molecule has 0 aliphatic carbocycles. The Kier molecular flexibility index (Phi) is 5.26. The van der Waals surface area contributed by atoms with Crippen LogP contribution in [0.15, 0.2) is 36.4 Å². The summed E-state index contributed by atoms with van der Waals surface area (Å²) in [7, 11) is 1.56. The van der Waals surface area contributed by atoms with E-state index in [4.69, 9.17) is 9.47 Å². The van der Waals surface area contributed by atoms with E-state index in [-0.39, 0.29) is 12.0 Å². The lowest BCUT2D eigenvalue weighted by atomic mass is 10.0. The maximum atomic E-state index is 12.5. The number of nitrogens with one attached hydrogen (secondary N) is 1. The summed E-state index contributed by atoms with van der Waals surface area (Å²) in [4.78, 5) is 12.5. The summed E-state index contributed by atoms with van der Waals surface area (Å²) in [6, 6.07) is 11.7. The van der Waals surface area contributed by atoms with Crippen molar-refractivity contribution in [2.24, 2.45) is 0 Å². The number of methoxy groups -OCH3 is 1. The number of carbonyl (C=O) groups is 1. The topological polar surface area (TPSA) is 47.6 Å². The molecule has 0 heterocycles. The van der Waals surface area contributed by atoms with Crippen LogP contribution < -0.4 is 10.1 Å². The van der Waals surface area contributed by atoms with Gasteiger partial charge in [0.25, 0.3) is 5.91 Å². The summed E-state index contributed by atoms with van der Waals surface area (Å²) in [5.41, 5.74) is -0.0766. The molecule has 124 valence electrons. The average molecular weight is 315 g/mol. The van der Waals surface area contributed by atoms with Crippen molar-refractivity contribution in [2.45, 2.75) is 45.8 Å². The van der Waals surface area contributed by atoms with E-state index in [9.17, 15) is 4.79 Å². The van der Waals surface area contributed by atoms with Gasteiger partial charge in [-0.15, -0.1) is 0 Å². The van der Waals surface area contributed by atoms with Crippen LogP contribution in [-0.4, -0.2) is 24.7 Å². The predicted molar refractivity (Wildman–Crippen MR) is 94.0 cm³/mol. The number of rotatable bonds is 6. The molecular weight excluding hydrogens is 290 g/mol. The Morgan fingerprint density at radius 3 is 2.39 bits per heavy atom. The Labute approximate surface area is 137 Å². The fourth-order valence-corrected chi connectivity index (χ4v) is 2.39. The Hall–Kier alpha value is -2.07. The Morgan fingerprint density at radius 2 is 1.83 bits per heavy atom. The van der Waals surface area contributed by atoms with E-state index in [0.29, 0.717) is 6.42 Å². The summed E-state index contributed by atoms with van der Waals surface area (Å²) < 4.78 is 11.2. The molecule has 0 fully saturated rings. The van der Waals surface area contributed by atoms with Crippen molar-refractivity contribution in [1.29, 1.82) is 0 Å². The van der Waals surface area contributed by atoms with Gasteiger partial charge in [0.15, 0.2) is 0 Å². The number of fused-ring (bicyclic) bond motifs is 1. The SMILES string of the molecule is CC[C@@](C)(OC)C(=O)Nc1ccc(OC(C)C)c2ccccc12. The molecule has 0 saturated carbocycles. The first-order valence-electron chi connectivity index (χ1n) is 7.96. The number of ether oxygens (including phenoxy) is 2. The summed E-state index contributed by atoms with van der Waals surface area (Å²) >= 11 is 0. The smallest absolute Gasteiger partial charge is 0.256 e. The van der Waals surface area contributed by atoms with Gasteiger partial charge < -0.3 is 14.8 Å². The molecule has 1 amide bonds. The lowest BCUT2D eigenvalue weighted by Crippen LogP contribution is -2.41. The van der Waals surface area contributed by atoms with E-state index in [2.05, 4.69) is 5.32 Å². The largest absolute Gasteiger partial charge is 0.490 e. The monoisotopic (exact) mass is 315 g/mol. The number of amides is 1. The third-order valence-corrected chi connectivity index (χ3v) is 4.10. The maximum absolute atomic E-state index is 12.5. The van der Waals surface area contributed by atoms with Gasteiger partial charge in [-0.3, -0.25) is 4.79 Å². The summed E-state index contributed by atoms with van der Waals surface area (Å²) in [6.07, 6.45) is 0.692. The molecule has 0 radical (unpaired) electrons. The molecule has 2 rings (SSSR count). The van der Waals surface area contributed by atoms with Gasteiger partial charge in [0, 0.05) is 23.6 Å². The van der Waals surface area contributed by atoms with Crippen molar-refractivity contribution in [2.75, 3.05) is 12.4 Å². The van der Waals surface area contributed by atoms with E-state index in [0.717, 1.165) is 22.2 Å². The van der Waals surface area contributed by atoms with Crippen molar-refractivity contribution in [3.8, 4) is 5.75 Å². The van der Waals surface area contributed by atoms with Gasteiger partial charge in [0.2, 0.25) is 0 Å². The van der Waals surface area contributed by atoms with Gasteiger partial charge in [0.1, 0.15) is 11.4 Å². The molecule has 2 aromatic rings. The van der Waals surface area contributed by atoms with Gasteiger partial charge in [-0.05, 0) is 39.3 Å². The van der Waals surface area contributed by atoms with Crippen LogP contribution in [0.3, 0.4) is 0 Å². The average Bonchev–Trinajstić information content (AvgIpc) is 2.55. The molecule has 0 spiro atoms. The predicted octanol–water partition coefficient (Wildman–Crippen LogP) is 4.38. The molecule has 2 aromatic carbocycles. The van der Waals surface area contributed by atoms with E-state index in [1.54, 1.807) is 14.0 Å². The molecule has 1 N–H and O–H groups in total. The van der Waals surface area contributed by atoms with Crippen molar-refractivity contribution in [1.82, 2.24) is 0 Å². The highest BCUT2D eigenvalue weighted by Crippen LogP contribution is 2.33. The molecule has 23 heavy (non-hydrogen) atoms. The van der Waals surface area contributed by atoms with Gasteiger partial charge in [-0.1, -0.05) is 31.2 Å². The minimum Gasteiger partial charge on any atom is -0.490 e. The first-order chi connectivity index (χ1) is 10.9. The number of anilines is 1. The van der Waals surface area contributed by atoms with Crippen LogP contribution in [-0.2, 0) is 9.53 Å². The zero-order valence-corrected chi connectivity index (χ0v) is 14.5. The normalized spacial score (nSPS) is 13.8. The highest BCUT2D eigenvalue weighted by atomic mass is 16.5.